The molecule has 0 spiro atoms. The summed E-state index contributed by atoms with van der Waals surface area (Å²) in [6, 6.07) is 26.4. The molecule has 154 valence electrons. The van der Waals surface area contributed by atoms with Crippen molar-refractivity contribution in [1.82, 2.24) is 5.32 Å². The minimum absolute atomic E-state index is 0.215. The number of carbonyl (C=O) groups is 2. The van der Waals surface area contributed by atoms with Crippen LogP contribution < -0.4 is 5.32 Å². The van der Waals surface area contributed by atoms with Gasteiger partial charge in [-0.15, -0.1) is 0 Å². The zero-order valence-electron chi connectivity index (χ0n) is 16.9. The van der Waals surface area contributed by atoms with Crippen LogP contribution in [0.3, 0.4) is 0 Å². The highest BCUT2D eigenvalue weighted by molar-refractivity contribution is 5.91. The van der Waals surface area contributed by atoms with Crippen molar-refractivity contribution in [2.75, 3.05) is 13.7 Å². The quantitative estimate of drug-likeness (QED) is 0.547. The molecule has 1 atom stereocenters. The Kier molecular flexibility index (Phi) is 7.75. The fraction of sp³-hybridized carbons (Fsp3) is 0.200. The number of ether oxygens (including phenoxy) is 2. The maximum atomic E-state index is 12.5. The Balaban J connectivity index is 1.59. The van der Waals surface area contributed by atoms with E-state index >= 15 is 0 Å². The van der Waals surface area contributed by atoms with Crippen LogP contribution in [-0.2, 0) is 27.3 Å². The van der Waals surface area contributed by atoms with Gasteiger partial charge in [0.05, 0.1) is 18.2 Å². The van der Waals surface area contributed by atoms with Crippen molar-refractivity contribution in [3.63, 3.8) is 0 Å². The number of methoxy groups -OCH3 is 1. The third-order valence-corrected chi connectivity index (χ3v) is 4.65. The lowest BCUT2D eigenvalue weighted by Crippen LogP contribution is -2.33. The Morgan fingerprint density at radius 1 is 0.833 bits per heavy atom. The van der Waals surface area contributed by atoms with E-state index in [4.69, 9.17) is 9.47 Å². The molecular formula is C25H25NO4. The molecule has 1 amide bonds. The fourth-order valence-electron chi connectivity index (χ4n) is 3.14. The average Bonchev–Trinajstić information content (AvgIpc) is 2.79. The zero-order valence-corrected chi connectivity index (χ0v) is 16.9. The van der Waals surface area contributed by atoms with Crippen LogP contribution in [0.2, 0.25) is 0 Å². The standard InChI is InChI=1S/C25H25NO4/c1-29-17-20-12-14-22(15-13-20)25(28)30-18-24(27)26-23(21-10-6-3-7-11-21)16-19-8-4-2-5-9-19/h2-15,23H,16-18H2,1H3,(H,26,27). The molecule has 3 aromatic carbocycles. The summed E-state index contributed by atoms with van der Waals surface area (Å²) < 4.78 is 10.2. The maximum Gasteiger partial charge on any atom is 0.338 e. The van der Waals surface area contributed by atoms with Gasteiger partial charge in [0.15, 0.2) is 6.61 Å². The van der Waals surface area contributed by atoms with Gasteiger partial charge in [-0.05, 0) is 35.2 Å². The lowest BCUT2D eigenvalue weighted by molar-refractivity contribution is -0.125. The van der Waals surface area contributed by atoms with Crippen LogP contribution in [0.15, 0.2) is 84.9 Å². The van der Waals surface area contributed by atoms with Gasteiger partial charge in [0, 0.05) is 7.11 Å². The number of hydrogen-bond donors (Lipinski definition) is 1. The molecule has 0 radical (unpaired) electrons. The summed E-state index contributed by atoms with van der Waals surface area (Å²) in [5.41, 5.74) is 3.46. The molecule has 0 saturated heterocycles. The van der Waals surface area contributed by atoms with Gasteiger partial charge in [0.2, 0.25) is 0 Å². The predicted molar refractivity (Wildman–Crippen MR) is 115 cm³/mol. The molecular weight excluding hydrogens is 378 g/mol. The second-order valence-corrected chi connectivity index (χ2v) is 6.93. The number of esters is 1. The summed E-state index contributed by atoms with van der Waals surface area (Å²) in [5, 5.41) is 2.98. The third-order valence-electron chi connectivity index (χ3n) is 4.65. The van der Waals surface area contributed by atoms with E-state index in [1.807, 2.05) is 60.7 Å². The molecule has 0 saturated carbocycles. The highest BCUT2D eigenvalue weighted by atomic mass is 16.5. The number of amides is 1. The smallest absolute Gasteiger partial charge is 0.338 e. The lowest BCUT2D eigenvalue weighted by Gasteiger charge is -2.19. The van der Waals surface area contributed by atoms with E-state index in [0.29, 0.717) is 18.6 Å². The largest absolute Gasteiger partial charge is 0.452 e. The molecule has 0 heterocycles. The molecule has 1 unspecified atom stereocenters. The van der Waals surface area contributed by atoms with Gasteiger partial charge < -0.3 is 14.8 Å². The van der Waals surface area contributed by atoms with Crippen LogP contribution in [0.4, 0.5) is 0 Å². The minimum Gasteiger partial charge on any atom is -0.452 e. The molecule has 1 N–H and O–H groups in total. The Hall–Kier alpha value is -3.44. The van der Waals surface area contributed by atoms with E-state index in [1.54, 1.807) is 31.4 Å². The minimum atomic E-state index is -0.534. The highest BCUT2D eigenvalue weighted by Crippen LogP contribution is 2.18. The van der Waals surface area contributed by atoms with Crippen molar-refractivity contribution >= 4 is 11.9 Å². The van der Waals surface area contributed by atoms with Crippen molar-refractivity contribution in [3.8, 4) is 0 Å². The molecule has 30 heavy (non-hydrogen) atoms. The Morgan fingerprint density at radius 2 is 1.47 bits per heavy atom. The number of nitrogens with one attached hydrogen (secondary N) is 1. The molecule has 0 aliphatic rings. The van der Waals surface area contributed by atoms with Crippen LogP contribution in [-0.4, -0.2) is 25.6 Å². The predicted octanol–water partition coefficient (Wildman–Crippen LogP) is 4.09. The van der Waals surface area contributed by atoms with E-state index in [0.717, 1.165) is 16.7 Å². The first-order valence-electron chi connectivity index (χ1n) is 9.79. The van der Waals surface area contributed by atoms with Crippen LogP contribution >= 0.6 is 0 Å². The zero-order chi connectivity index (χ0) is 21.2. The molecule has 3 rings (SSSR count). The first kappa shape index (κ1) is 21.3. The summed E-state index contributed by atoms with van der Waals surface area (Å²) in [7, 11) is 1.61. The molecule has 0 aliphatic heterocycles. The van der Waals surface area contributed by atoms with Gasteiger partial charge in [-0.1, -0.05) is 72.8 Å². The van der Waals surface area contributed by atoms with Crippen molar-refractivity contribution in [2.24, 2.45) is 0 Å². The van der Waals surface area contributed by atoms with Crippen LogP contribution in [0.25, 0.3) is 0 Å². The SMILES string of the molecule is COCc1ccc(C(=O)OCC(=O)NC(Cc2ccccc2)c2ccccc2)cc1. The van der Waals surface area contributed by atoms with Crippen molar-refractivity contribution < 1.29 is 19.1 Å². The maximum absolute atomic E-state index is 12.5. The second kappa shape index (κ2) is 10.9. The average molecular weight is 403 g/mol. The van der Waals surface area contributed by atoms with Crippen molar-refractivity contribution in [2.45, 2.75) is 19.1 Å². The second-order valence-electron chi connectivity index (χ2n) is 6.93. The molecule has 5 heteroatoms. The number of carbonyl (C=O) groups excluding carboxylic acids is 2. The molecule has 0 aliphatic carbocycles. The van der Waals surface area contributed by atoms with Crippen molar-refractivity contribution in [1.29, 1.82) is 0 Å². The molecule has 0 fully saturated rings. The van der Waals surface area contributed by atoms with Crippen LogP contribution in [0.5, 0.6) is 0 Å². The van der Waals surface area contributed by atoms with E-state index in [1.165, 1.54) is 0 Å². The van der Waals surface area contributed by atoms with Crippen LogP contribution in [0.1, 0.15) is 33.1 Å². The summed E-state index contributed by atoms with van der Waals surface area (Å²) in [6.07, 6.45) is 0.644. The van der Waals surface area contributed by atoms with Gasteiger partial charge in [0.1, 0.15) is 0 Å². The van der Waals surface area contributed by atoms with Crippen molar-refractivity contribution in [3.05, 3.63) is 107 Å². The van der Waals surface area contributed by atoms with E-state index in [9.17, 15) is 9.59 Å². The summed E-state index contributed by atoms with van der Waals surface area (Å²) in [6.45, 7) is 0.136. The summed E-state index contributed by atoms with van der Waals surface area (Å²) in [4.78, 5) is 24.7. The Morgan fingerprint density at radius 3 is 2.10 bits per heavy atom. The van der Waals surface area contributed by atoms with Gasteiger partial charge >= 0.3 is 5.97 Å². The Labute approximate surface area is 176 Å². The number of benzene rings is 3. The summed E-state index contributed by atoms with van der Waals surface area (Å²) >= 11 is 0. The van der Waals surface area contributed by atoms with Gasteiger partial charge in [0.25, 0.3) is 5.91 Å². The number of rotatable bonds is 9. The van der Waals surface area contributed by atoms with E-state index in [-0.39, 0.29) is 18.6 Å². The van der Waals surface area contributed by atoms with Gasteiger partial charge in [-0.3, -0.25) is 4.79 Å². The highest BCUT2D eigenvalue weighted by Gasteiger charge is 2.17. The lowest BCUT2D eigenvalue weighted by atomic mass is 9.99. The van der Waals surface area contributed by atoms with E-state index < -0.39 is 5.97 Å². The Bertz CT molecular complexity index is 940. The van der Waals surface area contributed by atoms with Gasteiger partial charge in [-0.2, -0.15) is 0 Å². The van der Waals surface area contributed by atoms with Gasteiger partial charge in [-0.25, -0.2) is 4.79 Å². The van der Waals surface area contributed by atoms with Crippen LogP contribution in [0, 0.1) is 0 Å². The molecule has 5 nitrogen and oxygen atoms in total. The monoisotopic (exact) mass is 403 g/mol. The normalized spacial score (nSPS) is 11.5. The molecule has 0 bridgehead atoms. The first-order valence-corrected chi connectivity index (χ1v) is 9.79. The fourth-order valence-corrected chi connectivity index (χ4v) is 3.14. The third kappa shape index (κ3) is 6.29. The summed E-state index contributed by atoms with van der Waals surface area (Å²) in [5.74, 6) is -0.877. The van der Waals surface area contributed by atoms with E-state index in [2.05, 4.69) is 5.32 Å². The number of hydrogen-bond acceptors (Lipinski definition) is 4. The topological polar surface area (TPSA) is 64.6 Å². The first-order chi connectivity index (χ1) is 14.7. The molecule has 3 aromatic rings. The molecule has 0 aromatic heterocycles.